The molecule has 0 heterocycles. The van der Waals surface area contributed by atoms with Crippen molar-refractivity contribution in [3.8, 4) is 11.5 Å². The lowest BCUT2D eigenvalue weighted by Gasteiger charge is -2.20. The first-order chi connectivity index (χ1) is 12.3. The molecule has 0 spiro atoms. The predicted octanol–water partition coefficient (Wildman–Crippen LogP) is 3.70. The molecule has 0 atom stereocenters. The predicted molar refractivity (Wildman–Crippen MR) is 105 cm³/mol. The number of hydrogen-bond donors (Lipinski definition) is 1. The molecule has 140 valence electrons. The zero-order valence-corrected chi connectivity index (χ0v) is 16.5. The average molecular weight is 356 g/mol. The summed E-state index contributed by atoms with van der Waals surface area (Å²) >= 11 is 0. The highest BCUT2D eigenvalue weighted by atomic mass is 16.5. The summed E-state index contributed by atoms with van der Waals surface area (Å²) in [6.07, 6.45) is 0. The zero-order valence-electron chi connectivity index (χ0n) is 16.5. The van der Waals surface area contributed by atoms with Crippen LogP contribution in [0.25, 0.3) is 0 Å². The molecule has 2 aromatic carbocycles. The van der Waals surface area contributed by atoms with E-state index in [9.17, 15) is 4.79 Å². The first-order valence-corrected chi connectivity index (χ1v) is 8.61. The molecule has 0 saturated heterocycles. The smallest absolute Gasteiger partial charge is 0.238 e. The van der Waals surface area contributed by atoms with Crippen LogP contribution >= 0.6 is 0 Å². The molecule has 0 aliphatic rings. The summed E-state index contributed by atoms with van der Waals surface area (Å²) in [5.41, 5.74) is 5.22. The molecule has 0 saturated carbocycles. The summed E-state index contributed by atoms with van der Waals surface area (Å²) in [5, 5.41) is 3.04. The third-order valence-electron chi connectivity index (χ3n) is 4.28. The molecule has 26 heavy (non-hydrogen) atoms. The van der Waals surface area contributed by atoms with Gasteiger partial charge >= 0.3 is 0 Å². The van der Waals surface area contributed by atoms with Gasteiger partial charge in [0.1, 0.15) is 0 Å². The van der Waals surface area contributed by atoms with Crippen LogP contribution in [0.15, 0.2) is 30.3 Å². The number of methoxy groups -OCH3 is 2. The molecule has 0 radical (unpaired) electrons. The number of carbonyl (C=O) groups excluding carboxylic acids is 1. The van der Waals surface area contributed by atoms with Crippen molar-refractivity contribution in [3.05, 3.63) is 52.6 Å². The maximum absolute atomic E-state index is 12.5. The van der Waals surface area contributed by atoms with Gasteiger partial charge in [0.2, 0.25) is 5.91 Å². The van der Waals surface area contributed by atoms with Crippen molar-refractivity contribution in [2.24, 2.45) is 0 Å². The van der Waals surface area contributed by atoms with E-state index in [1.165, 1.54) is 5.56 Å². The summed E-state index contributed by atoms with van der Waals surface area (Å²) in [7, 11) is 5.15. The van der Waals surface area contributed by atoms with Gasteiger partial charge in [0.15, 0.2) is 11.5 Å². The molecule has 1 N–H and O–H groups in total. The summed E-state index contributed by atoms with van der Waals surface area (Å²) in [6, 6.07) is 9.91. The highest BCUT2D eigenvalue weighted by Gasteiger charge is 2.14. The second kappa shape index (κ2) is 8.72. The molecular formula is C21H28N2O3. The third-order valence-corrected chi connectivity index (χ3v) is 4.28. The second-order valence-corrected chi connectivity index (χ2v) is 6.65. The van der Waals surface area contributed by atoms with E-state index in [1.807, 2.05) is 44.0 Å². The number of nitrogens with zero attached hydrogens (tertiary/aromatic N) is 1. The second-order valence-electron chi connectivity index (χ2n) is 6.65. The van der Waals surface area contributed by atoms with Crippen LogP contribution in [0.1, 0.15) is 22.3 Å². The standard InChI is InChI=1S/C21H28N2O3/c1-14-10-15(2)20(16(3)11-14)22-19(24)13-23(4)12-17-8-7-9-18(25-5)21(17)26-6/h7-11H,12-13H2,1-6H3,(H,22,24). The van der Waals surface area contributed by atoms with E-state index < -0.39 is 0 Å². The van der Waals surface area contributed by atoms with Gasteiger partial charge in [-0.05, 0) is 45.0 Å². The van der Waals surface area contributed by atoms with Crippen LogP contribution in [0, 0.1) is 20.8 Å². The minimum atomic E-state index is -0.0376. The van der Waals surface area contributed by atoms with Crippen LogP contribution in [0.4, 0.5) is 5.69 Å². The van der Waals surface area contributed by atoms with Crippen LogP contribution in [-0.2, 0) is 11.3 Å². The lowest BCUT2D eigenvalue weighted by atomic mass is 10.1. The van der Waals surface area contributed by atoms with E-state index in [4.69, 9.17) is 9.47 Å². The van der Waals surface area contributed by atoms with Crippen molar-refractivity contribution in [1.29, 1.82) is 0 Å². The van der Waals surface area contributed by atoms with E-state index >= 15 is 0 Å². The fraction of sp³-hybridized carbons (Fsp3) is 0.381. The van der Waals surface area contributed by atoms with Crippen LogP contribution in [0.5, 0.6) is 11.5 Å². The van der Waals surface area contributed by atoms with Crippen LogP contribution in [-0.4, -0.2) is 38.6 Å². The third kappa shape index (κ3) is 4.76. The molecule has 0 unspecified atom stereocenters. The summed E-state index contributed by atoms with van der Waals surface area (Å²) in [5.74, 6) is 1.35. The molecule has 0 fully saturated rings. The number of hydrogen-bond acceptors (Lipinski definition) is 4. The van der Waals surface area contributed by atoms with Gasteiger partial charge in [0.25, 0.3) is 0 Å². The normalized spacial score (nSPS) is 10.7. The molecule has 5 nitrogen and oxygen atoms in total. The molecule has 0 aromatic heterocycles. The zero-order chi connectivity index (χ0) is 19.3. The number of aryl methyl sites for hydroxylation is 3. The van der Waals surface area contributed by atoms with Gasteiger partial charge in [-0.25, -0.2) is 0 Å². The van der Waals surface area contributed by atoms with E-state index in [-0.39, 0.29) is 12.5 Å². The van der Waals surface area contributed by atoms with Crippen LogP contribution < -0.4 is 14.8 Å². The Bertz CT molecular complexity index is 764. The number of ether oxygens (including phenoxy) is 2. The topological polar surface area (TPSA) is 50.8 Å². The van der Waals surface area contributed by atoms with E-state index in [0.29, 0.717) is 18.0 Å². The molecule has 0 aliphatic heterocycles. The SMILES string of the molecule is COc1cccc(CN(C)CC(=O)Nc2c(C)cc(C)cc2C)c1OC. The summed E-state index contributed by atoms with van der Waals surface area (Å²) in [6.45, 7) is 6.95. The van der Waals surface area contributed by atoms with Crippen LogP contribution in [0.2, 0.25) is 0 Å². The lowest BCUT2D eigenvalue weighted by Crippen LogP contribution is -2.30. The van der Waals surface area contributed by atoms with Gasteiger partial charge in [-0.3, -0.25) is 9.69 Å². The Labute approximate surface area is 155 Å². The molecule has 0 bridgehead atoms. The number of benzene rings is 2. The number of anilines is 1. The molecule has 2 rings (SSSR count). The average Bonchev–Trinajstić information content (AvgIpc) is 2.57. The fourth-order valence-electron chi connectivity index (χ4n) is 3.23. The number of nitrogens with one attached hydrogen (secondary N) is 1. The van der Waals surface area contributed by atoms with Crippen molar-refractivity contribution in [2.75, 3.05) is 33.1 Å². The minimum absolute atomic E-state index is 0.0376. The van der Waals surface area contributed by atoms with Crippen molar-refractivity contribution >= 4 is 11.6 Å². The van der Waals surface area contributed by atoms with Gasteiger partial charge in [-0.15, -0.1) is 0 Å². The fourth-order valence-corrected chi connectivity index (χ4v) is 3.23. The summed E-state index contributed by atoms with van der Waals surface area (Å²) < 4.78 is 10.8. The highest BCUT2D eigenvalue weighted by Crippen LogP contribution is 2.31. The largest absolute Gasteiger partial charge is 0.493 e. The Hall–Kier alpha value is -2.53. The Morgan fingerprint density at radius 2 is 1.73 bits per heavy atom. The van der Waals surface area contributed by atoms with Crippen molar-refractivity contribution in [2.45, 2.75) is 27.3 Å². The van der Waals surface area contributed by atoms with E-state index in [0.717, 1.165) is 22.4 Å². The number of carbonyl (C=O) groups is 1. The molecule has 5 heteroatoms. The highest BCUT2D eigenvalue weighted by molar-refractivity contribution is 5.93. The number of para-hydroxylation sites is 1. The quantitative estimate of drug-likeness (QED) is 0.822. The van der Waals surface area contributed by atoms with Gasteiger partial charge in [0, 0.05) is 17.8 Å². The minimum Gasteiger partial charge on any atom is -0.493 e. The monoisotopic (exact) mass is 356 g/mol. The van der Waals surface area contributed by atoms with E-state index in [1.54, 1.807) is 14.2 Å². The number of rotatable bonds is 7. The molecule has 1 amide bonds. The summed E-state index contributed by atoms with van der Waals surface area (Å²) in [4.78, 5) is 14.4. The van der Waals surface area contributed by atoms with Gasteiger partial charge in [0.05, 0.1) is 20.8 Å². The first kappa shape index (κ1) is 19.8. The lowest BCUT2D eigenvalue weighted by molar-refractivity contribution is -0.117. The van der Waals surface area contributed by atoms with Gasteiger partial charge in [-0.2, -0.15) is 0 Å². The number of amides is 1. The van der Waals surface area contributed by atoms with Crippen molar-refractivity contribution in [3.63, 3.8) is 0 Å². The van der Waals surface area contributed by atoms with Gasteiger partial charge < -0.3 is 14.8 Å². The Balaban J connectivity index is 2.05. The van der Waals surface area contributed by atoms with Crippen LogP contribution in [0.3, 0.4) is 0 Å². The molecular weight excluding hydrogens is 328 g/mol. The molecule has 0 aliphatic carbocycles. The Morgan fingerprint density at radius 1 is 1.08 bits per heavy atom. The van der Waals surface area contributed by atoms with Crippen molar-refractivity contribution in [1.82, 2.24) is 4.90 Å². The van der Waals surface area contributed by atoms with Crippen molar-refractivity contribution < 1.29 is 14.3 Å². The van der Waals surface area contributed by atoms with Gasteiger partial charge in [-0.1, -0.05) is 29.8 Å². The maximum atomic E-state index is 12.5. The van der Waals surface area contributed by atoms with E-state index in [2.05, 4.69) is 24.4 Å². The first-order valence-electron chi connectivity index (χ1n) is 8.61. The Morgan fingerprint density at radius 3 is 2.31 bits per heavy atom. The Kier molecular flexibility index (Phi) is 6.64. The molecule has 2 aromatic rings. The number of likely N-dealkylation sites (N-methyl/N-ethyl adjacent to an activating group) is 1. The maximum Gasteiger partial charge on any atom is 0.238 e.